The molecule has 0 aromatic heterocycles. The smallest absolute Gasteiger partial charge is 0.328 e. The first-order valence-electron chi connectivity index (χ1n) is 6.85. The minimum atomic E-state index is -1.22. The van der Waals surface area contributed by atoms with Crippen molar-refractivity contribution < 1.29 is 14.7 Å². The van der Waals surface area contributed by atoms with Gasteiger partial charge >= 0.3 is 5.97 Å². The summed E-state index contributed by atoms with van der Waals surface area (Å²) in [5, 5.41) is 11.5. The van der Waals surface area contributed by atoms with Crippen LogP contribution in [0.2, 0.25) is 0 Å². The second kappa shape index (κ2) is 6.55. The monoisotopic (exact) mass is 277 g/mol. The third-order valence-corrected chi connectivity index (χ3v) is 3.27. The summed E-state index contributed by atoms with van der Waals surface area (Å²) >= 11 is 0. The molecule has 1 amide bonds. The Kier molecular flexibility index (Phi) is 5.31. The third-order valence-electron chi connectivity index (χ3n) is 3.27. The number of nitrogens with one attached hydrogen (secondary N) is 1. The van der Waals surface area contributed by atoms with E-state index in [0.717, 1.165) is 5.56 Å². The molecular formula is C16H23NO3. The van der Waals surface area contributed by atoms with Crippen LogP contribution < -0.4 is 5.32 Å². The molecular weight excluding hydrogens is 254 g/mol. The van der Waals surface area contributed by atoms with E-state index in [1.165, 1.54) is 19.4 Å². The molecule has 4 nitrogen and oxygen atoms in total. The van der Waals surface area contributed by atoms with E-state index in [2.05, 4.69) is 31.3 Å². The molecule has 0 saturated carbocycles. The van der Waals surface area contributed by atoms with Crippen LogP contribution in [0.5, 0.6) is 0 Å². The highest BCUT2D eigenvalue weighted by Crippen LogP contribution is 2.15. The third kappa shape index (κ3) is 4.68. The fourth-order valence-corrected chi connectivity index (χ4v) is 1.79. The fraction of sp³-hybridized carbons (Fsp3) is 0.500. The van der Waals surface area contributed by atoms with Gasteiger partial charge in [0.15, 0.2) is 0 Å². The molecule has 0 saturated heterocycles. The van der Waals surface area contributed by atoms with Gasteiger partial charge in [-0.15, -0.1) is 0 Å². The van der Waals surface area contributed by atoms with Gasteiger partial charge in [0.2, 0.25) is 5.91 Å². The zero-order valence-corrected chi connectivity index (χ0v) is 12.6. The quantitative estimate of drug-likeness (QED) is 0.840. The number of rotatable bonds is 6. The van der Waals surface area contributed by atoms with Crippen LogP contribution in [0.4, 0.5) is 0 Å². The lowest BCUT2D eigenvalue weighted by molar-refractivity contribution is -0.146. The van der Waals surface area contributed by atoms with Gasteiger partial charge in [0, 0.05) is 6.42 Å². The van der Waals surface area contributed by atoms with Crippen molar-refractivity contribution in [3.05, 3.63) is 35.4 Å². The van der Waals surface area contributed by atoms with Crippen LogP contribution in [0, 0.1) is 0 Å². The van der Waals surface area contributed by atoms with Gasteiger partial charge in [0.25, 0.3) is 0 Å². The summed E-state index contributed by atoms with van der Waals surface area (Å²) in [6.07, 6.45) is 0.900. The lowest BCUT2D eigenvalue weighted by Gasteiger charge is -2.20. The van der Waals surface area contributed by atoms with Crippen molar-refractivity contribution in [3.8, 4) is 0 Å². The Morgan fingerprint density at radius 3 is 2.20 bits per heavy atom. The summed E-state index contributed by atoms with van der Waals surface area (Å²) in [6, 6.07) is 8.17. The van der Waals surface area contributed by atoms with Gasteiger partial charge in [-0.05, 0) is 37.3 Å². The average molecular weight is 277 g/mol. The van der Waals surface area contributed by atoms with Crippen LogP contribution >= 0.6 is 0 Å². The molecule has 0 heterocycles. The van der Waals surface area contributed by atoms with Gasteiger partial charge in [-0.2, -0.15) is 0 Å². The topological polar surface area (TPSA) is 66.4 Å². The Morgan fingerprint density at radius 2 is 1.75 bits per heavy atom. The minimum absolute atomic E-state index is 0.245. The van der Waals surface area contributed by atoms with E-state index in [4.69, 9.17) is 5.11 Å². The van der Waals surface area contributed by atoms with E-state index in [0.29, 0.717) is 12.3 Å². The molecule has 0 aliphatic carbocycles. The Bertz CT molecular complexity index is 475. The maximum absolute atomic E-state index is 11.7. The molecule has 0 unspecified atom stereocenters. The van der Waals surface area contributed by atoms with E-state index < -0.39 is 11.5 Å². The molecule has 20 heavy (non-hydrogen) atoms. The second-order valence-electron chi connectivity index (χ2n) is 5.87. The van der Waals surface area contributed by atoms with E-state index in [-0.39, 0.29) is 12.3 Å². The predicted molar refractivity (Wildman–Crippen MR) is 78.7 cm³/mol. The second-order valence-corrected chi connectivity index (χ2v) is 5.87. The highest BCUT2D eigenvalue weighted by atomic mass is 16.4. The molecule has 0 aliphatic rings. The summed E-state index contributed by atoms with van der Waals surface area (Å²) in [4.78, 5) is 22.7. The van der Waals surface area contributed by atoms with Crippen molar-refractivity contribution in [3.63, 3.8) is 0 Å². The van der Waals surface area contributed by atoms with Crippen LogP contribution in [0.15, 0.2) is 24.3 Å². The van der Waals surface area contributed by atoms with Crippen molar-refractivity contribution in [2.45, 2.75) is 52.0 Å². The summed E-state index contributed by atoms with van der Waals surface area (Å²) in [5.74, 6) is -0.791. The van der Waals surface area contributed by atoms with Gasteiger partial charge in [-0.25, -0.2) is 4.79 Å². The van der Waals surface area contributed by atoms with Gasteiger partial charge < -0.3 is 10.4 Å². The van der Waals surface area contributed by atoms with Crippen LogP contribution in [-0.4, -0.2) is 22.5 Å². The van der Waals surface area contributed by atoms with Crippen LogP contribution in [0.3, 0.4) is 0 Å². The lowest BCUT2D eigenvalue weighted by atomic mass is 10.00. The SMILES string of the molecule is CC(C)c1ccc(CCC(=O)NC(C)(C)C(=O)O)cc1. The molecule has 2 N–H and O–H groups in total. The first kappa shape index (κ1) is 16.2. The van der Waals surface area contributed by atoms with Crippen molar-refractivity contribution in [1.29, 1.82) is 0 Å². The molecule has 0 bridgehead atoms. The van der Waals surface area contributed by atoms with Crippen molar-refractivity contribution in [2.75, 3.05) is 0 Å². The Balaban J connectivity index is 2.51. The fourth-order valence-electron chi connectivity index (χ4n) is 1.79. The highest BCUT2D eigenvalue weighted by Gasteiger charge is 2.28. The molecule has 4 heteroatoms. The molecule has 0 atom stereocenters. The minimum Gasteiger partial charge on any atom is -0.480 e. The van der Waals surface area contributed by atoms with Crippen molar-refractivity contribution in [1.82, 2.24) is 5.32 Å². The maximum Gasteiger partial charge on any atom is 0.328 e. The number of aryl methyl sites for hydroxylation is 1. The number of hydrogen-bond acceptors (Lipinski definition) is 2. The molecule has 0 aliphatic heterocycles. The average Bonchev–Trinajstić information content (AvgIpc) is 2.36. The first-order valence-corrected chi connectivity index (χ1v) is 6.85. The van der Waals surface area contributed by atoms with E-state index in [1.54, 1.807) is 0 Å². The first-order chi connectivity index (χ1) is 9.22. The van der Waals surface area contributed by atoms with Gasteiger partial charge in [-0.1, -0.05) is 38.1 Å². The molecule has 1 rings (SSSR count). The number of aliphatic carboxylic acids is 1. The van der Waals surface area contributed by atoms with E-state index >= 15 is 0 Å². The highest BCUT2D eigenvalue weighted by molar-refractivity contribution is 5.86. The molecule has 0 fully saturated rings. The van der Waals surface area contributed by atoms with E-state index in [1.807, 2.05) is 12.1 Å². The standard InChI is InChI=1S/C16H23NO3/c1-11(2)13-8-5-12(6-9-13)7-10-14(18)17-16(3,4)15(19)20/h5-6,8-9,11H,7,10H2,1-4H3,(H,17,18)(H,19,20). The summed E-state index contributed by atoms with van der Waals surface area (Å²) in [5.41, 5.74) is 1.13. The Hall–Kier alpha value is -1.84. The molecule has 0 radical (unpaired) electrons. The van der Waals surface area contributed by atoms with Gasteiger partial charge in [0.05, 0.1) is 0 Å². The largest absolute Gasteiger partial charge is 0.480 e. The van der Waals surface area contributed by atoms with Crippen LogP contribution in [0.1, 0.15) is 51.2 Å². The van der Waals surface area contributed by atoms with Crippen LogP contribution in [0.25, 0.3) is 0 Å². The van der Waals surface area contributed by atoms with Crippen molar-refractivity contribution >= 4 is 11.9 Å². The summed E-state index contributed by atoms with van der Waals surface area (Å²) < 4.78 is 0. The van der Waals surface area contributed by atoms with E-state index in [9.17, 15) is 9.59 Å². The zero-order chi connectivity index (χ0) is 15.3. The lowest BCUT2D eigenvalue weighted by Crippen LogP contribution is -2.49. The summed E-state index contributed by atoms with van der Waals surface area (Å²) in [6.45, 7) is 7.22. The van der Waals surface area contributed by atoms with Crippen molar-refractivity contribution in [2.24, 2.45) is 0 Å². The summed E-state index contributed by atoms with van der Waals surface area (Å²) in [7, 11) is 0. The Labute approximate surface area is 120 Å². The number of hydrogen-bond donors (Lipinski definition) is 2. The van der Waals surface area contributed by atoms with Crippen LogP contribution in [-0.2, 0) is 16.0 Å². The molecule has 1 aromatic rings. The number of carbonyl (C=O) groups excluding carboxylic acids is 1. The number of benzene rings is 1. The molecule has 110 valence electrons. The molecule has 1 aromatic carbocycles. The van der Waals surface area contributed by atoms with Gasteiger partial charge in [0.1, 0.15) is 5.54 Å². The number of carboxylic acids is 1. The van der Waals surface area contributed by atoms with Gasteiger partial charge in [-0.3, -0.25) is 4.79 Å². The molecule has 0 spiro atoms. The maximum atomic E-state index is 11.7. The normalized spacial score (nSPS) is 11.4. The zero-order valence-electron chi connectivity index (χ0n) is 12.6. The Morgan fingerprint density at radius 1 is 1.20 bits per heavy atom. The predicted octanol–water partition coefficient (Wildman–Crippen LogP) is 2.72. The number of carbonyl (C=O) groups is 2. The number of amides is 1. The number of carboxylic acid groups (broad SMARTS) is 1.